The van der Waals surface area contributed by atoms with Crippen LogP contribution in [-0.4, -0.2) is 22.7 Å². The van der Waals surface area contributed by atoms with Crippen molar-refractivity contribution in [3.63, 3.8) is 0 Å². The lowest BCUT2D eigenvalue weighted by Gasteiger charge is -2.31. The number of urea groups is 1. The molecule has 1 saturated heterocycles. The second-order valence-electron chi connectivity index (χ2n) is 4.52. The number of rotatable bonds is 3. The highest BCUT2D eigenvalue weighted by molar-refractivity contribution is 6.16. The molecule has 1 unspecified atom stereocenters. The number of nitrogens with zero attached hydrogens (tertiary/aromatic N) is 1. The van der Waals surface area contributed by atoms with Gasteiger partial charge in [0.1, 0.15) is 11.7 Å². The third kappa shape index (κ3) is 2.13. The molecule has 0 radical (unpaired) electrons. The third-order valence-corrected chi connectivity index (χ3v) is 2.85. The van der Waals surface area contributed by atoms with Crippen LogP contribution in [0.3, 0.4) is 0 Å². The average molecular weight is 250 g/mol. The molecular formula is C12H14N2O4. The summed E-state index contributed by atoms with van der Waals surface area (Å²) in [6.45, 7) is 3.57. The summed E-state index contributed by atoms with van der Waals surface area (Å²) >= 11 is 0. The summed E-state index contributed by atoms with van der Waals surface area (Å²) in [5, 5.41) is 2.19. The van der Waals surface area contributed by atoms with Crippen LogP contribution in [-0.2, 0) is 16.1 Å². The lowest BCUT2D eigenvalue weighted by atomic mass is 9.92. The van der Waals surface area contributed by atoms with Crippen molar-refractivity contribution in [3.05, 3.63) is 24.2 Å². The zero-order valence-corrected chi connectivity index (χ0v) is 10.2. The van der Waals surface area contributed by atoms with Gasteiger partial charge in [0, 0.05) is 0 Å². The number of hydrogen-bond acceptors (Lipinski definition) is 4. The van der Waals surface area contributed by atoms with E-state index in [1.54, 1.807) is 26.0 Å². The molecule has 1 atom stereocenters. The molecule has 1 fully saturated rings. The van der Waals surface area contributed by atoms with Gasteiger partial charge in [-0.3, -0.25) is 19.8 Å². The van der Waals surface area contributed by atoms with E-state index in [0.29, 0.717) is 5.76 Å². The highest BCUT2D eigenvalue weighted by atomic mass is 16.3. The van der Waals surface area contributed by atoms with Gasteiger partial charge < -0.3 is 4.42 Å². The molecule has 6 nitrogen and oxygen atoms in total. The van der Waals surface area contributed by atoms with Crippen LogP contribution in [0.1, 0.15) is 19.6 Å². The van der Waals surface area contributed by atoms with E-state index in [4.69, 9.17) is 4.42 Å². The number of carbonyl (C=O) groups is 3. The third-order valence-electron chi connectivity index (χ3n) is 2.85. The fourth-order valence-corrected chi connectivity index (χ4v) is 1.93. The molecular weight excluding hydrogens is 236 g/mol. The van der Waals surface area contributed by atoms with Crippen LogP contribution in [0.2, 0.25) is 0 Å². The monoisotopic (exact) mass is 250 g/mol. The molecule has 0 aliphatic carbocycles. The molecule has 1 N–H and O–H groups in total. The van der Waals surface area contributed by atoms with E-state index in [1.165, 1.54) is 6.26 Å². The first kappa shape index (κ1) is 12.3. The van der Waals surface area contributed by atoms with Crippen LogP contribution < -0.4 is 5.32 Å². The predicted octanol–water partition coefficient (Wildman–Crippen LogP) is 1.13. The predicted molar refractivity (Wildman–Crippen MR) is 61.1 cm³/mol. The number of imide groups is 2. The van der Waals surface area contributed by atoms with Crippen molar-refractivity contribution >= 4 is 17.8 Å². The van der Waals surface area contributed by atoms with E-state index in [2.05, 4.69) is 5.32 Å². The van der Waals surface area contributed by atoms with E-state index in [0.717, 1.165) is 4.90 Å². The topological polar surface area (TPSA) is 79.6 Å². The van der Waals surface area contributed by atoms with Gasteiger partial charge in [-0.05, 0) is 18.1 Å². The first-order valence-electron chi connectivity index (χ1n) is 5.69. The molecule has 2 rings (SSSR count). The molecule has 0 spiro atoms. The lowest BCUT2D eigenvalue weighted by molar-refractivity contribution is -0.145. The molecule has 0 saturated carbocycles. The fraction of sp³-hybridized carbons (Fsp3) is 0.417. The van der Waals surface area contributed by atoms with Crippen LogP contribution >= 0.6 is 0 Å². The van der Waals surface area contributed by atoms with Crippen molar-refractivity contribution in [2.24, 2.45) is 11.8 Å². The second-order valence-corrected chi connectivity index (χ2v) is 4.52. The Morgan fingerprint density at radius 2 is 2.11 bits per heavy atom. The van der Waals surface area contributed by atoms with E-state index in [9.17, 15) is 14.4 Å². The SMILES string of the molecule is CC(C)C1C(=O)NC(=O)N(Cc2ccco2)C1=O. The van der Waals surface area contributed by atoms with E-state index in [1.807, 2.05) is 0 Å². The normalized spacial score (nSPS) is 20.5. The highest BCUT2D eigenvalue weighted by Gasteiger charge is 2.42. The smallest absolute Gasteiger partial charge is 0.331 e. The molecule has 1 aliphatic heterocycles. The molecule has 6 heteroatoms. The van der Waals surface area contributed by atoms with Gasteiger partial charge in [0.15, 0.2) is 0 Å². The number of barbiturate groups is 1. The molecule has 4 amide bonds. The Balaban J connectivity index is 2.21. The maximum Gasteiger partial charge on any atom is 0.331 e. The summed E-state index contributed by atoms with van der Waals surface area (Å²) in [5.74, 6) is -1.50. The fourth-order valence-electron chi connectivity index (χ4n) is 1.93. The number of amides is 4. The van der Waals surface area contributed by atoms with Crippen LogP contribution in [0.5, 0.6) is 0 Å². The van der Waals surface area contributed by atoms with E-state index in [-0.39, 0.29) is 12.5 Å². The summed E-state index contributed by atoms with van der Waals surface area (Å²) in [6.07, 6.45) is 1.47. The Bertz CT molecular complexity index is 478. The zero-order valence-electron chi connectivity index (χ0n) is 10.2. The van der Waals surface area contributed by atoms with Crippen LogP contribution in [0.25, 0.3) is 0 Å². The second kappa shape index (κ2) is 4.64. The van der Waals surface area contributed by atoms with Crippen LogP contribution in [0.4, 0.5) is 4.79 Å². The van der Waals surface area contributed by atoms with Gasteiger partial charge in [-0.25, -0.2) is 4.79 Å². The summed E-state index contributed by atoms with van der Waals surface area (Å²) in [5.41, 5.74) is 0. The number of hydrogen-bond donors (Lipinski definition) is 1. The largest absolute Gasteiger partial charge is 0.467 e. The quantitative estimate of drug-likeness (QED) is 0.815. The van der Waals surface area contributed by atoms with Gasteiger partial charge in [0.2, 0.25) is 11.8 Å². The molecule has 0 bridgehead atoms. The Labute approximate surface area is 104 Å². The molecule has 0 aromatic carbocycles. The molecule has 1 aromatic rings. The van der Waals surface area contributed by atoms with Crippen molar-refractivity contribution in [3.8, 4) is 0 Å². The van der Waals surface area contributed by atoms with Gasteiger partial charge in [-0.15, -0.1) is 0 Å². The Morgan fingerprint density at radius 3 is 2.67 bits per heavy atom. The number of carbonyl (C=O) groups excluding carboxylic acids is 3. The molecule has 96 valence electrons. The van der Waals surface area contributed by atoms with Crippen LogP contribution in [0.15, 0.2) is 22.8 Å². The minimum Gasteiger partial charge on any atom is -0.467 e. The average Bonchev–Trinajstić information content (AvgIpc) is 2.75. The Hall–Kier alpha value is -2.11. The minimum absolute atomic E-state index is 0.0359. The van der Waals surface area contributed by atoms with Crippen molar-refractivity contribution in [2.45, 2.75) is 20.4 Å². The lowest BCUT2D eigenvalue weighted by Crippen LogP contribution is -2.58. The van der Waals surface area contributed by atoms with Crippen LogP contribution in [0, 0.1) is 11.8 Å². The molecule has 1 aromatic heterocycles. The maximum absolute atomic E-state index is 12.1. The van der Waals surface area contributed by atoms with Crippen molar-refractivity contribution in [1.82, 2.24) is 10.2 Å². The standard InChI is InChI=1S/C12H14N2O4/c1-7(2)9-10(15)13-12(17)14(11(9)16)6-8-4-3-5-18-8/h3-5,7,9H,6H2,1-2H3,(H,13,15,17). The van der Waals surface area contributed by atoms with E-state index >= 15 is 0 Å². The summed E-state index contributed by atoms with van der Waals surface area (Å²) < 4.78 is 5.10. The summed E-state index contributed by atoms with van der Waals surface area (Å²) in [4.78, 5) is 36.4. The van der Waals surface area contributed by atoms with Gasteiger partial charge in [-0.1, -0.05) is 13.8 Å². The Kier molecular flexibility index (Phi) is 3.18. The van der Waals surface area contributed by atoms with E-state index < -0.39 is 23.8 Å². The van der Waals surface area contributed by atoms with Crippen molar-refractivity contribution in [1.29, 1.82) is 0 Å². The van der Waals surface area contributed by atoms with Gasteiger partial charge >= 0.3 is 6.03 Å². The molecule has 18 heavy (non-hydrogen) atoms. The minimum atomic E-state index is -0.822. The summed E-state index contributed by atoms with van der Waals surface area (Å²) in [7, 11) is 0. The zero-order chi connectivity index (χ0) is 13.3. The van der Waals surface area contributed by atoms with Gasteiger partial charge in [0.05, 0.1) is 12.8 Å². The Morgan fingerprint density at radius 1 is 1.39 bits per heavy atom. The first-order chi connectivity index (χ1) is 8.50. The molecule has 2 heterocycles. The van der Waals surface area contributed by atoms with Crippen molar-refractivity contribution in [2.75, 3.05) is 0 Å². The number of furan rings is 1. The van der Waals surface area contributed by atoms with Crippen molar-refractivity contribution < 1.29 is 18.8 Å². The van der Waals surface area contributed by atoms with Gasteiger partial charge in [0.25, 0.3) is 0 Å². The highest BCUT2D eigenvalue weighted by Crippen LogP contribution is 2.20. The summed E-state index contributed by atoms with van der Waals surface area (Å²) in [6, 6.07) is 2.65. The maximum atomic E-state index is 12.1. The molecule has 1 aliphatic rings. The number of nitrogens with one attached hydrogen (secondary N) is 1. The van der Waals surface area contributed by atoms with Gasteiger partial charge in [-0.2, -0.15) is 0 Å². The first-order valence-corrected chi connectivity index (χ1v) is 5.69.